The van der Waals surface area contributed by atoms with E-state index in [2.05, 4.69) is 121 Å². The summed E-state index contributed by atoms with van der Waals surface area (Å²) in [6.45, 7) is 0. The van der Waals surface area contributed by atoms with Gasteiger partial charge in [-0.3, -0.25) is 0 Å². The smallest absolute Gasteiger partial charge is 0.165 e. The number of fused-ring (bicyclic) bond motifs is 7. The highest BCUT2D eigenvalue weighted by atomic mass is 32.1. The fourth-order valence-electron chi connectivity index (χ4n) is 6.26. The first kappa shape index (κ1) is 24.2. The summed E-state index contributed by atoms with van der Waals surface area (Å²) >= 11 is 1.82. The van der Waals surface area contributed by atoms with E-state index in [1.165, 1.54) is 36.3 Å². The first-order valence-electron chi connectivity index (χ1n) is 14.4. The van der Waals surface area contributed by atoms with Gasteiger partial charge in [0.1, 0.15) is 0 Å². The minimum atomic E-state index is 0.665. The minimum Gasteiger partial charge on any atom is -0.208 e. The molecule has 2 heterocycles. The van der Waals surface area contributed by atoms with Gasteiger partial charge in [-0.15, -0.1) is 11.3 Å². The van der Waals surface area contributed by atoms with Crippen molar-refractivity contribution in [3.05, 3.63) is 140 Å². The molecular formula is C39H23N3S. The standard InChI is InChI=1S/C39H23N3S/c1-2-11-25(12-3-1)37-40-38(27-19-21-35-33(23-27)30-16-8-9-17-34(30)43-35)42-39(41-37)36-29-15-7-5-13-26(29)22-32-28-14-6-4-10-24(28)18-20-31(32)36/h1-23H. The highest BCUT2D eigenvalue weighted by Gasteiger charge is 2.18. The Morgan fingerprint density at radius 3 is 1.86 bits per heavy atom. The van der Waals surface area contributed by atoms with Gasteiger partial charge in [0.25, 0.3) is 0 Å². The average Bonchev–Trinajstić information content (AvgIpc) is 3.45. The van der Waals surface area contributed by atoms with Crippen molar-refractivity contribution >= 4 is 63.8 Å². The molecule has 3 nitrogen and oxygen atoms in total. The van der Waals surface area contributed by atoms with Crippen LogP contribution < -0.4 is 0 Å². The Balaban J connectivity index is 1.37. The highest BCUT2D eigenvalue weighted by Crippen LogP contribution is 2.40. The van der Waals surface area contributed by atoms with Gasteiger partial charge in [-0.2, -0.15) is 0 Å². The molecule has 0 aliphatic heterocycles. The third-order valence-corrected chi connectivity index (χ3v) is 9.45. The topological polar surface area (TPSA) is 38.7 Å². The first-order chi connectivity index (χ1) is 21.3. The maximum Gasteiger partial charge on any atom is 0.165 e. The van der Waals surface area contributed by atoms with E-state index in [4.69, 9.17) is 15.0 Å². The number of rotatable bonds is 3. The SMILES string of the molecule is c1ccc(-c2nc(-c3ccc4sc5ccccc5c4c3)nc(-c3c4ccccc4cc4c3ccc3ccccc34)n2)cc1. The molecule has 0 radical (unpaired) electrons. The molecule has 0 aliphatic carbocycles. The van der Waals surface area contributed by atoms with Crippen LogP contribution >= 0.6 is 11.3 Å². The van der Waals surface area contributed by atoms with Crippen molar-refractivity contribution < 1.29 is 0 Å². The van der Waals surface area contributed by atoms with Crippen LogP contribution in [-0.4, -0.2) is 15.0 Å². The Bertz CT molecular complexity index is 2510. The summed E-state index contributed by atoms with van der Waals surface area (Å²) in [5, 5.41) is 9.54. The van der Waals surface area contributed by atoms with Crippen LogP contribution in [0.2, 0.25) is 0 Å². The highest BCUT2D eigenvalue weighted by molar-refractivity contribution is 7.25. The molecule has 43 heavy (non-hydrogen) atoms. The maximum atomic E-state index is 5.23. The van der Waals surface area contributed by atoms with E-state index < -0.39 is 0 Å². The molecular weight excluding hydrogens is 543 g/mol. The van der Waals surface area contributed by atoms with Crippen LogP contribution in [0, 0.1) is 0 Å². The number of benzene rings is 7. The Morgan fingerprint density at radius 2 is 1.00 bits per heavy atom. The van der Waals surface area contributed by atoms with Gasteiger partial charge in [0.15, 0.2) is 17.5 Å². The summed E-state index contributed by atoms with van der Waals surface area (Å²) in [5.74, 6) is 2.01. The lowest BCUT2D eigenvalue weighted by Crippen LogP contribution is -2.01. The number of nitrogens with zero attached hydrogens (tertiary/aromatic N) is 3. The van der Waals surface area contributed by atoms with Gasteiger partial charge < -0.3 is 0 Å². The predicted octanol–water partition coefficient (Wildman–Crippen LogP) is 10.7. The van der Waals surface area contributed by atoms with Gasteiger partial charge in [0.2, 0.25) is 0 Å². The minimum absolute atomic E-state index is 0.665. The van der Waals surface area contributed by atoms with E-state index in [1.54, 1.807) is 0 Å². The number of thiophene rings is 1. The van der Waals surface area contributed by atoms with Gasteiger partial charge in [-0.05, 0) is 62.6 Å². The molecule has 0 amide bonds. The van der Waals surface area contributed by atoms with Crippen LogP contribution in [0.4, 0.5) is 0 Å². The van der Waals surface area contributed by atoms with Crippen molar-refractivity contribution in [2.45, 2.75) is 0 Å². The van der Waals surface area contributed by atoms with Crippen molar-refractivity contribution in [2.24, 2.45) is 0 Å². The fourth-order valence-corrected chi connectivity index (χ4v) is 7.35. The third kappa shape index (κ3) is 3.92. The molecule has 0 unspecified atom stereocenters. The molecule has 200 valence electrons. The van der Waals surface area contributed by atoms with E-state index in [-0.39, 0.29) is 0 Å². The van der Waals surface area contributed by atoms with Crippen molar-refractivity contribution in [3.63, 3.8) is 0 Å². The van der Waals surface area contributed by atoms with Gasteiger partial charge in [0, 0.05) is 36.9 Å². The summed E-state index contributed by atoms with van der Waals surface area (Å²) in [6, 6.07) is 49.2. The zero-order valence-corrected chi connectivity index (χ0v) is 23.8. The second-order valence-electron chi connectivity index (χ2n) is 10.8. The summed E-state index contributed by atoms with van der Waals surface area (Å²) in [6.07, 6.45) is 0. The number of aromatic nitrogens is 3. The molecule has 0 spiro atoms. The van der Waals surface area contributed by atoms with Gasteiger partial charge >= 0.3 is 0 Å². The zero-order chi connectivity index (χ0) is 28.3. The monoisotopic (exact) mass is 565 g/mol. The first-order valence-corrected chi connectivity index (χ1v) is 15.2. The van der Waals surface area contributed by atoms with E-state index in [0.29, 0.717) is 17.5 Å². The fraction of sp³-hybridized carbons (Fsp3) is 0. The number of hydrogen-bond donors (Lipinski definition) is 0. The van der Waals surface area contributed by atoms with Crippen LogP contribution in [0.1, 0.15) is 0 Å². The maximum absolute atomic E-state index is 5.23. The molecule has 0 aliphatic rings. The lowest BCUT2D eigenvalue weighted by atomic mass is 9.93. The van der Waals surface area contributed by atoms with Crippen molar-refractivity contribution in [1.82, 2.24) is 15.0 Å². The Kier molecular flexibility index (Phi) is 5.37. The molecule has 0 atom stereocenters. The van der Waals surface area contributed by atoms with E-state index in [9.17, 15) is 0 Å². The Hall–Kier alpha value is -5.45. The van der Waals surface area contributed by atoms with Crippen LogP contribution in [0.3, 0.4) is 0 Å². The quantitative estimate of drug-likeness (QED) is 0.158. The molecule has 9 aromatic rings. The number of hydrogen-bond acceptors (Lipinski definition) is 4. The molecule has 4 heteroatoms. The summed E-state index contributed by atoms with van der Waals surface area (Å²) in [4.78, 5) is 15.5. The zero-order valence-electron chi connectivity index (χ0n) is 23.0. The van der Waals surface area contributed by atoms with Crippen molar-refractivity contribution in [2.75, 3.05) is 0 Å². The molecule has 0 N–H and O–H groups in total. The van der Waals surface area contributed by atoms with E-state index in [1.807, 2.05) is 29.5 Å². The van der Waals surface area contributed by atoms with Crippen LogP contribution in [-0.2, 0) is 0 Å². The second-order valence-corrected chi connectivity index (χ2v) is 11.9. The lowest BCUT2D eigenvalue weighted by Gasteiger charge is -2.14. The molecule has 0 bridgehead atoms. The van der Waals surface area contributed by atoms with Crippen LogP contribution in [0.25, 0.3) is 86.7 Å². The molecule has 0 fully saturated rings. The normalized spacial score (nSPS) is 11.7. The van der Waals surface area contributed by atoms with Gasteiger partial charge in [-0.1, -0.05) is 109 Å². The lowest BCUT2D eigenvalue weighted by molar-refractivity contribution is 1.08. The molecule has 0 saturated heterocycles. The molecule has 2 aromatic heterocycles. The predicted molar refractivity (Wildman–Crippen MR) is 182 cm³/mol. The third-order valence-electron chi connectivity index (χ3n) is 8.30. The van der Waals surface area contributed by atoms with Crippen molar-refractivity contribution in [3.8, 4) is 34.2 Å². The molecule has 7 aromatic carbocycles. The second kappa shape index (κ2) is 9.55. The molecule has 9 rings (SSSR count). The summed E-state index contributed by atoms with van der Waals surface area (Å²) in [5.41, 5.74) is 2.97. The molecule has 0 saturated carbocycles. The Morgan fingerprint density at radius 1 is 0.349 bits per heavy atom. The van der Waals surface area contributed by atoms with Crippen LogP contribution in [0.5, 0.6) is 0 Å². The van der Waals surface area contributed by atoms with E-state index in [0.717, 1.165) is 32.8 Å². The summed E-state index contributed by atoms with van der Waals surface area (Å²) < 4.78 is 2.54. The summed E-state index contributed by atoms with van der Waals surface area (Å²) in [7, 11) is 0. The van der Waals surface area contributed by atoms with E-state index >= 15 is 0 Å². The van der Waals surface area contributed by atoms with Crippen LogP contribution in [0.15, 0.2) is 140 Å². The average molecular weight is 566 g/mol. The van der Waals surface area contributed by atoms with Gasteiger partial charge in [-0.25, -0.2) is 15.0 Å². The van der Waals surface area contributed by atoms with Crippen molar-refractivity contribution in [1.29, 1.82) is 0 Å². The van der Waals surface area contributed by atoms with Gasteiger partial charge in [0.05, 0.1) is 0 Å². The Labute approximate surface area is 251 Å². The largest absolute Gasteiger partial charge is 0.208 e.